The van der Waals surface area contributed by atoms with Gasteiger partial charge in [-0.3, -0.25) is 9.59 Å². The number of likely N-dealkylation sites (tertiary alicyclic amines) is 1. The summed E-state index contributed by atoms with van der Waals surface area (Å²) in [5.41, 5.74) is -0.00351. The number of carbonyl (C=O) groups is 2. The minimum Gasteiger partial charge on any atom is -0.484 e. The first-order valence-electron chi connectivity index (χ1n) is 10.3. The highest BCUT2D eigenvalue weighted by molar-refractivity contribution is 5.81. The summed E-state index contributed by atoms with van der Waals surface area (Å²) in [5, 5.41) is 3.79. The number of rotatable bonds is 8. The van der Waals surface area contributed by atoms with Gasteiger partial charge < -0.3 is 19.4 Å². The van der Waals surface area contributed by atoms with Gasteiger partial charge in [0, 0.05) is 43.1 Å². The Labute approximate surface area is 170 Å². The van der Waals surface area contributed by atoms with Crippen molar-refractivity contribution in [3.63, 3.8) is 0 Å². The summed E-state index contributed by atoms with van der Waals surface area (Å²) in [4.78, 5) is 37.7. The predicted molar refractivity (Wildman–Crippen MR) is 110 cm³/mol. The van der Waals surface area contributed by atoms with Gasteiger partial charge in [-0.1, -0.05) is 19.8 Å². The van der Waals surface area contributed by atoms with E-state index in [1.165, 1.54) is 6.07 Å². The molecule has 7 heteroatoms. The van der Waals surface area contributed by atoms with E-state index in [4.69, 9.17) is 9.15 Å². The number of benzene rings is 1. The number of amides is 2. The van der Waals surface area contributed by atoms with Gasteiger partial charge in [0.25, 0.3) is 5.91 Å². The highest BCUT2D eigenvalue weighted by Crippen LogP contribution is 2.21. The van der Waals surface area contributed by atoms with Gasteiger partial charge in [-0.05, 0) is 37.5 Å². The van der Waals surface area contributed by atoms with Crippen molar-refractivity contribution in [2.75, 3.05) is 26.2 Å². The molecule has 29 heavy (non-hydrogen) atoms. The molecule has 1 aliphatic rings. The van der Waals surface area contributed by atoms with Gasteiger partial charge in [0.2, 0.25) is 5.91 Å². The second-order valence-electron chi connectivity index (χ2n) is 7.40. The van der Waals surface area contributed by atoms with Gasteiger partial charge in [0.1, 0.15) is 11.3 Å². The van der Waals surface area contributed by atoms with Gasteiger partial charge in [0.05, 0.1) is 0 Å². The van der Waals surface area contributed by atoms with Gasteiger partial charge in [-0.2, -0.15) is 0 Å². The van der Waals surface area contributed by atoms with Crippen molar-refractivity contribution >= 4 is 22.8 Å². The largest absolute Gasteiger partial charge is 0.484 e. The second kappa shape index (κ2) is 10.1. The van der Waals surface area contributed by atoms with Crippen molar-refractivity contribution < 1.29 is 18.7 Å². The first kappa shape index (κ1) is 20.9. The SMILES string of the molecule is CCCCCNC(=O)C1CCN(C(=O)COc2ccc3ccc(=O)oc3c2)CC1. The molecule has 2 aromatic rings. The summed E-state index contributed by atoms with van der Waals surface area (Å²) >= 11 is 0. The van der Waals surface area contributed by atoms with Crippen molar-refractivity contribution in [3.8, 4) is 5.75 Å². The van der Waals surface area contributed by atoms with Crippen LogP contribution in [0.5, 0.6) is 5.75 Å². The van der Waals surface area contributed by atoms with Crippen molar-refractivity contribution in [2.45, 2.75) is 39.0 Å². The Balaban J connectivity index is 1.44. The van der Waals surface area contributed by atoms with E-state index < -0.39 is 5.63 Å². The topological polar surface area (TPSA) is 88.9 Å². The first-order chi connectivity index (χ1) is 14.1. The molecule has 1 saturated heterocycles. The van der Waals surface area contributed by atoms with Gasteiger partial charge in [0.15, 0.2) is 6.61 Å². The molecule has 1 aromatic heterocycles. The molecule has 0 saturated carbocycles. The predicted octanol–water partition coefficient (Wildman–Crippen LogP) is 2.72. The lowest BCUT2D eigenvalue weighted by molar-refractivity contribution is -0.137. The number of unbranched alkanes of at least 4 members (excludes halogenated alkanes) is 2. The maximum atomic E-state index is 12.4. The molecule has 0 bridgehead atoms. The molecule has 2 amide bonds. The van der Waals surface area contributed by atoms with Crippen LogP contribution in [0.1, 0.15) is 39.0 Å². The van der Waals surface area contributed by atoms with Crippen molar-refractivity contribution in [2.24, 2.45) is 5.92 Å². The number of hydrogen-bond donors (Lipinski definition) is 1. The van der Waals surface area contributed by atoms with E-state index in [9.17, 15) is 14.4 Å². The van der Waals surface area contributed by atoms with Crippen molar-refractivity contribution in [1.29, 1.82) is 0 Å². The van der Waals surface area contributed by atoms with Gasteiger partial charge in [-0.15, -0.1) is 0 Å². The lowest BCUT2D eigenvalue weighted by Crippen LogP contribution is -2.44. The Morgan fingerprint density at radius 3 is 2.69 bits per heavy atom. The number of fused-ring (bicyclic) bond motifs is 1. The number of hydrogen-bond acceptors (Lipinski definition) is 5. The summed E-state index contributed by atoms with van der Waals surface area (Å²) in [7, 11) is 0. The highest BCUT2D eigenvalue weighted by atomic mass is 16.5. The average molecular weight is 400 g/mol. The van der Waals surface area contributed by atoms with Crippen LogP contribution in [-0.2, 0) is 9.59 Å². The van der Waals surface area contributed by atoms with Crippen LogP contribution in [-0.4, -0.2) is 43.0 Å². The van der Waals surface area contributed by atoms with Crippen LogP contribution in [0.2, 0.25) is 0 Å². The van der Waals surface area contributed by atoms with Crippen LogP contribution in [0.15, 0.2) is 39.5 Å². The zero-order chi connectivity index (χ0) is 20.6. The first-order valence-corrected chi connectivity index (χ1v) is 10.3. The van der Waals surface area contributed by atoms with Crippen LogP contribution >= 0.6 is 0 Å². The Morgan fingerprint density at radius 1 is 1.17 bits per heavy atom. The standard InChI is InChI=1S/C22H28N2O5/c1-2-3-4-11-23-22(27)17-9-12-24(13-10-17)20(25)15-28-18-7-5-16-6-8-21(26)29-19(16)14-18/h5-8,14,17H,2-4,9-13,15H2,1H3,(H,23,27). The van der Waals surface area contributed by atoms with Crippen molar-refractivity contribution in [1.82, 2.24) is 10.2 Å². The van der Waals surface area contributed by atoms with Crippen molar-refractivity contribution in [3.05, 3.63) is 40.8 Å². The molecule has 1 N–H and O–H groups in total. The Bertz CT molecular complexity index is 899. The monoisotopic (exact) mass is 400 g/mol. The summed E-state index contributed by atoms with van der Waals surface area (Å²) in [6.07, 6.45) is 4.61. The van der Waals surface area contributed by atoms with Crippen LogP contribution in [0.3, 0.4) is 0 Å². The highest BCUT2D eigenvalue weighted by Gasteiger charge is 2.27. The molecule has 1 aliphatic heterocycles. The summed E-state index contributed by atoms with van der Waals surface area (Å²) < 4.78 is 10.7. The number of carbonyl (C=O) groups excluding carboxylic acids is 2. The van der Waals surface area contributed by atoms with E-state index in [1.807, 2.05) is 0 Å². The number of piperidine rings is 1. The summed E-state index contributed by atoms with van der Waals surface area (Å²) in [6, 6.07) is 8.17. The molecule has 1 fully saturated rings. The maximum Gasteiger partial charge on any atom is 0.336 e. The Morgan fingerprint density at radius 2 is 1.93 bits per heavy atom. The van der Waals surface area contributed by atoms with E-state index in [2.05, 4.69) is 12.2 Å². The maximum absolute atomic E-state index is 12.4. The normalized spacial score (nSPS) is 14.7. The lowest BCUT2D eigenvalue weighted by Gasteiger charge is -2.31. The molecule has 0 atom stereocenters. The zero-order valence-electron chi connectivity index (χ0n) is 16.8. The summed E-state index contributed by atoms with van der Waals surface area (Å²) in [6.45, 7) is 3.89. The Hall–Kier alpha value is -2.83. The number of ether oxygens (including phenoxy) is 1. The third-order valence-corrected chi connectivity index (χ3v) is 5.25. The number of nitrogens with zero attached hydrogens (tertiary/aromatic N) is 1. The minimum absolute atomic E-state index is 0.0232. The lowest BCUT2D eigenvalue weighted by atomic mass is 9.96. The summed E-state index contributed by atoms with van der Waals surface area (Å²) in [5.74, 6) is 0.440. The van der Waals surface area contributed by atoms with Crippen LogP contribution in [0.4, 0.5) is 0 Å². The number of nitrogens with one attached hydrogen (secondary N) is 1. The van der Waals surface area contributed by atoms with Gasteiger partial charge in [-0.25, -0.2) is 4.79 Å². The fraction of sp³-hybridized carbons (Fsp3) is 0.500. The molecule has 7 nitrogen and oxygen atoms in total. The molecule has 2 heterocycles. The van der Waals surface area contributed by atoms with Crippen LogP contribution in [0.25, 0.3) is 11.0 Å². The molecular weight excluding hydrogens is 372 g/mol. The van der Waals surface area contributed by atoms with Crippen LogP contribution in [0, 0.1) is 5.92 Å². The molecule has 156 valence electrons. The molecule has 0 radical (unpaired) electrons. The quantitative estimate of drug-likeness (QED) is 0.544. The molecule has 0 unspecified atom stereocenters. The van der Waals surface area contributed by atoms with E-state index in [0.717, 1.165) is 31.2 Å². The second-order valence-corrected chi connectivity index (χ2v) is 7.40. The van der Waals surface area contributed by atoms with E-state index in [0.29, 0.717) is 37.3 Å². The fourth-order valence-corrected chi connectivity index (χ4v) is 3.49. The van der Waals surface area contributed by atoms with E-state index in [-0.39, 0.29) is 24.3 Å². The minimum atomic E-state index is -0.428. The van der Waals surface area contributed by atoms with Gasteiger partial charge >= 0.3 is 5.63 Å². The third-order valence-electron chi connectivity index (χ3n) is 5.25. The fourth-order valence-electron chi connectivity index (χ4n) is 3.49. The van der Waals surface area contributed by atoms with Crippen LogP contribution < -0.4 is 15.7 Å². The Kier molecular flexibility index (Phi) is 7.27. The molecule has 0 aliphatic carbocycles. The molecular formula is C22H28N2O5. The van der Waals surface area contributed by atoms with E-state index in [1.54, 1.807) is 29.2 Å². The smallest absolute Gasteiger partial charge is 0.336 e. The molecule has 1 aromatic carbocycles. The molecule has 0 spiro atoms. The average Bonchev–Trinajstić information content (AvgIpc) is 2.74. The molecule has 3 rings (SSSR count). The van der Waals surface area contributed by atoms with E-state index >= 15 is 0 Å². The third kappa shape index (κ3) is 5.82. The zero-order valence-corrected chi connectivity index (χ0v) is 16.8.